The van der Waals surface area contributed by atoms with Crippen LogP contribution < -0.4 is 16.4 Å². The Morgan fingerprint density at radius 2 is 1.58 bits per heavy atom. The molecule has 2 aromatic carbocycles. The highest BCUT2D eigenvalue weighted by Crippen LogP contribution is 2.10. The van der Waals surface area contributed by atoms with Gasteiger partial charge in [-0.05, 0) is 17.0 Å². The van der Waals surface area contributed by atoms with Gasteiger partial charge in [0.15, 0.2) is 0 Å². The van der Waals surface area contributed by atoms with Gasteiger partial charge in [-0.25, -0.2) is 4.79 Å². The molecule has 4 N–H and O–H groups in total. The van der Waals surface area contributed by atoms with Crippen molar-refractivity contribution >= 4 is 17.9 Å². The zero-order valence-corrected chi connectivity index (χ0v) is 17.3. The summed E-state index contributed by atoms with van der Waals surface area (Å²) in [6, 6.07) is 18.2. The maximum Gasteiger partial charge on any atom is 0.408 e. The van der Waals surface area contributed by atoms with Crippen molar-refractivity contribution in [2.45, 2.75) is 38.5 Å². The average Bonchev–Trinajstić information content (AvgIpc) is 2.76. The lowest BCUT2D eigenvalue weighted by atomic mass is 9.97. The molecule has 0 aliphatic heterocycles. The van der Waals surface area contributed by atoms with Gasteiger partial charge >= 0.3 is 6.09 Å². The fraction of sp³-hybridized carbons (Fsp3) is 0.304. The smallest absolute Gasteiger partial charge is 0.408 e. The molecule has 162 valence electrons. The highest BCUT2D eigenvalue weighted by molar-refractivity contribution is 5.91. The molecule has 2 aromatic rings. The van der Waals surface area contributed by atoms with Crippen LogP contribution in [-0.2, 0) is 27.4 Å². The molecule has 0 bridgehead atoms. The van der Waals surface area contributed by atoms with Gasteiger partial charge in [0, 0.05) is 12.8 Å². The topological polar surface area (TPSA) is 134 Å². The van der Waals surface area contributed by atoms with E-state index in [-0.39, 0.29) is 19.4 Å². The van der Waals surface area contributed by atoms with Crippen LogP contribution in [0.4, 0.5) is 4.79 Å². The molecule has 3 amide bonds. The van der Waals surface area contributed by atoms with E-state index in [1.807, 2.05) is 66.7 Å². The van der Waals surface area contributed by atoms with Crippen molar-refractivity contribution in [2.75, 3.05) is 0 Å². The summed E-state index contributed by atoms with van der Waals surface area (Å²) in [5.41, 5.74) is 7.03. The molecule has 0 saturated heterocycles. The summed E-state index contributed by atoms with van der Waals surface area (Å²) in [4.78, 5) is 37.0. The first-order valence-electron chi connectivity index (χ1n) is 9.88. The molecule has 0 radical (unpaired) electrons. The van der Waals surface area contributed by atoms with Crippen LogP contribution in [0, 0.1) is 17.2 Å². The highest BCUT2D eigenvalue weighted by atomic mass is 16.5. The molecule has 0 aliphatic carbocycles. The summed E-state index contributed by atoms with van der Waals surface area (Å²) in [6.07, 6.45) is -0.532. The minimum atomic E-state index is -1.03. The van der Waals surface area contributed by atoms with Crippen LogP contribution in [0.25, 0.3) is 0 Å². The van der Waals surface area contributed by atoms with Gasteiger partial charge in [0.05, 0.1) is 6.07 Å². The Hall–Kier alpha value is -3.86. The number of carbonyl (C=O) groups is 3. The number of amides is 3. The first kappa shape index (κ1) is 23.4. The Balaban J connectivity index is 2.09. The Morgan fingerprint density at radius 3 is 2.13 bits per heavy atom. The fourth-order valence-corrected chi connectivity index (χ4v) is 2.98. The Bertz CT molecular complexity index is 912. The molecular weight excluding hydrogens is 396 g/mol. The van der Waals surface area contributed by atoms with Crippen molar-refractivity contribution < 1.29 is 19.1 Å². The van der Waals surface area contributed by atoms with E-state index >= 15 is 0 Å². The summed E-state index contributed by atoms with van der Waals surface area (Å²) >= 11 is 0. The lowest BCUT2D eigenvalue weighted by molar-refractivity contribution is -0.129. The number of nitrogens with two attached hydrogens (primary N) is 1. The molecule has 0 aromatic heterocycles. The molecule has 0 unspecified atom stereocenters. The second-order valence-corrected chi connectivity index (χ2v) is 7.18. The van der Waals surface area contributed by atoms with Crippen molar-refractivity contribution in [2.24, 2.45) is 11.7 Å². The zero-order valence-electron chi connectivity index (χ0n) is 17.3. The van der Waals surface area contributed by atoms with Crippen molar-refractivity contribution in [3.63, 3.8) is 0 Å². The van der Waals surface area contributed by atoms with Crippen LogP contribution in [0.5, 0.6) is 0 Å². The minimum absolute atomic E-state index is 0.0454. The van der Waals surface area contributed by atoms with Gasteiger partial charge in [-0.1, -0.05) is 67.6 Å². The number of nitriles is 1. The third-order valence-corrected chi connectivity index (χ3v) is 4.69. The van der Waals surface area contributed by atoms with E-state index in [0.29, 0.717) is 0 Å². The van der Waals surface area contributed by atoms with Crippen LogP contribution in [0.2, 0.25) is 0 Å². The first-order valence-corrected chi connectivity index (χ1v) is 9.88. The predicted molar refractivity (Wildman–Crippen MR) is 114 cm³/mol. The zero-order chi connectivity index (χ0) is 22.6. The van der Waals surface area contributed by atoms with E-state index in [2.05, 4.69) is 10.6 Å². The standard InChI is InChI=1S/C23H26N4O4/c1-16(12-13-24)20(21(25)28)27-22(29)19(14-17-8-4-2-5-9-17)26-23(30)31-15-18-10-6-3-7-11-18/h2-11,16,19-20H,12,14-15H2,1H3,(H2,25,28)(H,26,30)(H,27,29)/t16-,19-,20+/m0/s1. The third kappa shape index (κ3) is 7.82. The van der Waals surface area contributed by atoms with Gasteiger partial charge < -0.3 is 21.1 Å². The van der Waals surface area contributed by atoms with Gasteiger partial charge in [-0.2, -0.15) is 5.26 Å². The number of benzene rings is 2. The molecule has 0 fully saturated rings. The summed E-state index contributed by atoms with van der Waals surface area (Å²) in [5, 5.41) is 14.0. The van der Waals surface area contributed by atoms with Gasteiger partial charge in [0.2, 0.25) is 11.8 Å². The molecule has 31 heavy (non-hydrogen) atoms. The van der Waals surface area contributed by atoms with Crippen molar-refractivity contribution in [1.29, 1.82) is 5.26 Å². The molecule has 2 rings (SSSR count). The number of carbonyl (C=O) groups excluding carboxylic acids is 3. The Kier molecular flexibility index (Phi) is 9.05. The number of hydrogen-bond acceptors (Lipinski definition) is 5. The molecule has 8 nitrogen and oxygen atoms in total. The number of alkyl carbamates (subject to hydrolysis) is 1. The maximum atomic E-state index is 12.9. The van der Waals surface area contributed by atoms with Crippen LogP contribution in [0.15, 0.2) is 60.7 Å². The maximum absolute atomic E-state index is 12.9. The molecule has 8 heteroatoms. The van der Waals surface area contributed by atoms with Crippen LogP contribution in [0.1, 0.15) is 24.5 Å². The molecule has 0 saturated carbocycles. The van der Waals surface area contributed by atoms with Crippen LogP contribution >= 0.6 is 0 Å². The van der Waals surface area contributed by atoms with Gasteiger partial charge in [-0.3, -0.25) is 9.59 Å². The van der Waals surface area contributed by atoms with Crippen molar-refractivity contribution in [1.82, 2.24) is 10.6 Å². The van der Waals surface area contributed by atoms with Gasteiger partial charge in [0.25, 0.3) is 0 Å². The average molecular weight is 422 g/mol. The number of primary amides is 1. The van der Waals surface area contributed by atoms with Crippen molar-refractivity contribution in [3.05, 3.63) is 71.8 Å². The fourth-order valence-electron chi connectivity index (χ4n) is 2.98. The molecule has 0 heterocycles. The lowest BCUT2D eigenvalue weighted by Crippen LogP contribution is -2.55. The largest absolute Gasteiger partial charge is 0.445 e. The lowest BCUT2D eigenvalue weighted by Gasteiger charge is -2.24. The highest BCUT2D eigenvalue weighted by Gasteiger charge is 2.29. The van der Waals surface area contributed by atoms with Crippen LogP contribution in [0.3, 0.4) is 0 Å². The van der Waals surface area contributed by atoms with Gasteiger partial charge in [0.1, 0.15) is 18.7 Å². The summed E-state index contributed by atoms with van der Waals surface area (Å²) in [5.74, 6) is -1.82. The van der Waals surface area contributed by atoms with E-state index in [1.54, 1.807) is 6.92 Å². The second kappa shape index (κ2) is 12.0. The first-order chi connectivity index (χ1) is 14.9. The SMILES string of the molecule is C[C@@H](CC#N)[C@@H](NC(=O)[C@H](Cc1ccccc1)NC(=O)OCc1ccccc1)C(N)=O. The molecule has 0 aliphatic rings. The van der Waals surface area contributed by atoms with Gasteiger partial charge in [-0.15, -0.1) is 0 Å². The molecule has 3 atom stereocenters. The van der Waals surface area contributed by atoms with Crippen molar-refractivity contribution in [3.8, 4) is 6.07 Å². The summed E-state index contributed by atoms with van der Waals surface area (Å²) in [7, 11) is 0. The Labute approximate surface area is 181 Å². The normalized spacial score (nSPS) is 13.2. The van der Waals surface area contributed by atoms with E-state index in [0.717, 1.165) is 11.1 Å². The Morgan fingerprint density at radius 1 is 1.00 bits per heavy atom. The van der Waals surface area contributed by atoms with E-state index in [1.165, 1.54) is 0 Å². The number of nitrogens with zero attached hydrogens (tertiary/aromatic N) is 1. The molecular formula is C23H26N4O4. The number of hydrogen-bond donors (Lipinski definition) is 3. The number of nitrogens with one attached hydrogen (secondary N) is 2. The van der Waals surface area contributed by atoms with E-state index < -0.39 is 35.9 Å². The molecule has 0 spiro atoms. The van der Waals surface area contributed by atoms with Crippen LogP contribution in [-0.4, -0.2) is 30.0 Å². The summed E-state index contributed by atoms with van der Waals surface area (Å²) in [6.45, 7) is 1.70. The quantitative estimate of drug-likeness (QED) is 0.539. The second-order valence-electron chi connectivity index (χ2n) is 7.18. The minimum Gasteiger partial charge on any atom is -0.445 e. The van der Waals surface area contributed by atoms with E-state index in [9.17, 15) is 14.4 Å². The number of ether oxygens (including phenoxy) is 1. The monoisotopic (exact) mass is 422 g/mol. The van der Waals surface area contributed by atoms with E-state index in [4.69, 9.17) is 15.7 Å². The number of rotatable bonds is 10. The predicted octanol–water partition coefficient (Wildman–Crippen LogP) is 2.04. The summed E-state index contributed by atoms with van der Waals surface area (Å²) < 4.78 is 5.22. The third-order valence-electron chi connectivity index (χ3n) is 4.69.